The summed E-state index contributed by atoms with van der Waals surface area (Å²) < 4.78 is 2.23. The summed E-state index contributed by atoms with van der Waals surface area (Å²) in [5.41, 5.74) is -0.500. The number of unbranched alkanes of at least 4 members (excludes halogenated alkanes) is 2. The minimum Gasteiger partial charge on any atom is -0.391 e. The van der Waals surface area contributed by atoms with Crippen LogP contribution in [0.25, 0.3) is 0 Å². The Labute approximate surface area is 99.9 Å². The van der Waals surface area contributed by atoms with Crippen LogP contribution >= 0.6 is 0 Å². The molecule has 1 N–H and O–H groups in total. The van der Waals surface area contributed by atoms with Crippen LogP contribution in [0.1, 0.15) is 47.0 Å². The summed E-state index contributed by atoms with van der Waals surface area (Å²) in [4.78, 5) is 0. The van der Waals surface area contributed by atoms with Crippen molar-refractivity contribution in [3.05, 3.63) is 30.6 Å². The van der Waals surface area contributed by atoms with Crippen molar-refractivity contribution >= 4 is 0 Å². The molecule has 0 fully saturated rings. The maximum Gasteiger partial charge on any atom is 0.168 e. The van der Waals surface area contributed by atoms with E-state index in [0.717, 1.165) is 6.54 Å². The van der Waals surface area contributed by atoms with Gasteiger partial charge in [0.05, 0.1) is 5.60 Å². The van der Waals surface area contributed by atoms with Crippen molar-refractivity contribution in [3.8, 4) is 0 Å². The second-order valence-electron chi connectivity index (χ2n) is 4.99. The predicted octanol–water partition coefficient (Wildman–Crippen LogP) is 2.94. The van der Waals surface area contributed by atoms with Crippen LogP contribution in [-0.2, 0) is 6.54 Å². The van der Waals surface area contributed by atoms with Crippen LogP contribution < -0.4 is 4.57 Å². The standard InChI is InChI=1S/C10H16N.C4H10O/c1-2-3-5-8-11-9-6-4-7-10-11;1-4(2,3)5/h4,6-7,9-10H,2-3,5,8H2,1H3;5H,1-3H3/q+1;. The van der Waals surface area contributed by atoms with Crippen LogP contribution in [0.3, 0.4) is 0 Å². The molecule has 16 heavy (non-hydrogen) atoms. The molecule has 0 spiro atoms. The summed E-state index contributed by atoms with van der Waals surface area (Å²) in [6.45, 7) is 8.62. The first kappa shape index (κ1) is 15.1. The highest BCUT2D eigenvalue weighted by atomic mass is 16.3. The van der Waals surface area contributed by atoms with Crippen molar-refractivity contribution in [1.29, 1.82) is 0 Å². The van der Waals surface area contributed by atoms with E-state index in [1.54, 1.807) is 20.8 Å². The first-order chi connectivity index (χ1) is 7.43. The van der Waals surface area contributed by atoms with E-state index in [-0.39, 0.29) is 0 Å². The fraction of sp³-hybridized carbons (Fsp3) is 0.643. The molecule has 0 aromatic carbocycles. The molecule has 0 unspecified atom stereocenters. The van der Waals surface area contributed by atoms with Gasteiger partial charge in [-0.1, -0.05) is 19.4 Å². The van der Waals surface area contributed by atoms with Gasteiger partial charge in [-0.25, -0.2) is 4.57 Å². The van der Waals surface area contributed by atoms with Gasteiger partial charge in [-0.05, 0) is 27.2 Å². The molecular weight excluding hydrogens is 198 g/mol. The second-order valence-corrected chi connectivity index (χ2v) is 4.99. The highest BCUT2D eigenvalue weighted by molar-refractivity contribution is 4.83. The Morgan fingerprint density at radius 3 is 1.94 bits per heavy atom. The Hall–Kier alpha value is -0.890. The normalized spacial score (nSPS) is 10.6. The van der Waals surface area contributed by atoms with E-state index in [1.807, 2.05) is 0 Å². The van der Waals surface area contributed by atoms with Crippen molar-refractivity contribution in [1.82, 2.24) is 0 Å². The molecular formula is C14H26NO+. The van der Waals surface area contributed by atoms with Crippen LogP contribution in [0.15, 0.2) is 30.6 Å². The molecule has 0 radical (unpaired) electrons. The molecule has 1 aromatic heterocycles. The zero-order valence-electron chi connectivity index (χ0n) is 11.1. The van der Waals surface area contributed by atoms with Gasteiger partial charge in [-0.15, -0.1) is 0 Å². The summed E-state index contributed by atoms with van der Waals surface area (Å²) in [6.07, 6.45) is 8.17. The molecule has 0 saturated carbocycles. The van der Waals surface area contributed by atoms with E-state index in [1.165, 1.54) is 19.3 Å². The maximum atomic E-state index is 8.52. The fourth-order valence-corrected chi connectivity index (χ4v) is 1.13. The molecule has 0 atom stereocenters. The van der Waals surface area contributed by atoms with E-state index in [4.69, 9.17) is 5.11 Å². The summed E-state index contributed by atoms with van der Waals surface area (Å²) >= 11 is 0. The molecule has 1 rings (SSSR count). The molecule has 2 heteroatoms. The Morgan fingerprint density at radius 2 is 1.50 bits per heavy atom. The predicted molar refractivity (Wildman–Crippen MR) is 68.1 cm³/mol. The number of pyridine rings is 1. The topological polar surface area (TPSA) is 24.1 Å². The van der Waals surface area contributed by atoms with Gasteiger partial charge in [0.1, 0.15) is 6.54 Å². The maximum absolute atomic E-state index is 8.52. The lowest BCUT2D eigenvalue weighted by Gasteiger charge is -2.04. The third-order valence-corrected chi connectivity index (χ3v) is 1.80. The van der Waals surface area contributed by atoms with Crippen LogP contribution in [-0.4, -0.2) is 10.7 Å². The van der Waals surface area contributed by atoms with Crippen molar-refractivity contribution in [3.63, 3.8) is 0 Å². The van der Waals surface area contributed by atoms with Gasteiger partial charge >= 0.3 is 0 Å². The Kier molecular flexibility index (Phi) is 7.82. The van der Waals surface area contributed by atoms with Gasteiger partial charge in [-0.3, -0.25) is 0 Å². The van der Waals surface area contributed by atoms with E-state index >= 15 is 0 Å². The number of hydrogen-bond acceptors (Lipinski definition) is 1. The van der Waals surface area contributed by atoms with Gasteiger partial charge in [0.15, 0.2) is 12.4 Å². The molecule has 1 heterocycles. The van der Waals surface area contributed by atoms with Gasteiger partial charge < -0.3 is 5.11 Å². The number of aliphatic hydroxyl groups is 1. The van der Waals surface area contributed by atoms with Crippen LogP contribution in [0.2, 0.25) is 0 Å². The van der Waals surface area contributed by atoms with E-state index in [2.05, 4.69) is 42.1 Å². The first-order valence-electron chi connectivity index (χ1n) is 6.10. The molecule has 0 amide bonds. The van der Waals surface area contributed by atoms with E-state index < -0.39 is 5.60 Å². The SMILES string of the molecule is CC(C)(C)O.CCCCC[n+]1ccccc1. The minimum atomic E-state index is -0.500. The zero-order valence-corrected chi connectivity index (χ0v) is 11.1. The lowest BCUT2D eigenvalue weighted by molar-refractivity contribution is -0.697. The van der Waals surface area contributed by atoms with Crippen molar-refractivity contribution in [2.75, 3.05) is 0 Å². The van der Waals surface area contributed by atoms with Crippen molar-refractivity contribution < 1.29 is 9.67 Å². The smallest absolute Gasteiger partial charge is 0.168 e. The lowest BCUT2D eigenvalue weighted by Crippen LogP contribution is -2.31. The number of aromatic nitrogens is 1. The molecule has 92 valence electrons. The number of rotatable bonds is 4. The fourth-order valence-electron chi connectivity index (χ4n) is 1.13. The minimum absolute atomic E-state index is 0.500. The van der Waals surface area contributed by atoms with Gasteiger partial charge in [-0.2, -0.15) is 0 Å². The third kappa shape index (κ3) is 13.1. The summed E-state index contributed by atoms with van der Waals surface area (Å²) in [5.74, 6) is 0. The van der Waals surface area contributed by atoms with E-state index in [9.17, 15) is 0 Å². The highest BCUT2D eigenvalue weighted by Gasteiger charge is 1.98. The molecule has 0 saturated heterocycles. The molecule has 1 aromatic rings. The summed E-state index contributed by atoms with van der Waals surface area (Å²) in [7, 11) is 0. The van der Waals surface area contributed by atoms with Crippen LogP contribution in [0.5, 0.6) is 0 Å². The van der Waals surface area contributed by atoms with Gasteiger partial charge in [0.2, 0.25) is 0 Å². The van der Waals surface area contributed by atoms with Crippen molar-refractivity contribution in [2.45, 2.75) is 59.1 Å². The first-order valence-corrected chi connectivity index (χ1v) is 6.10. The molecule has 0 bridgehead atoms. The average molecular weight is 224 g/mol. The highest BCUT2D eigenvalue weighted by Crippen LogP contribution is 1.93. The third-order valence-electron chi connectivity index (χ3n) is 1.80. The lowest BCUT2D eigenvalue weighted by atomic mass is 10.2. The second kappa shape index (κ2) is 8.28. The quantitative estimate of drug-likeness (QED) is 0.617. The molecule has 2 nitrogen and oxygen atoms in total. The summed E-state index contributed by atoms with van der Waals surface area (Å²) in [5, 5.41) is 8.52. The van der Waals surface area contributed by atoms with Crippen LogP contribution in [0, 0.1) is 0 Å². The molecule has 0 aliphatic rings. The Balaban J connectivity index is 0.000000385. The van der Waals surface area contributed by atoms with Gasteiger partial charge in [0.25, 0.3) is 0 Å². The molecule has 0 aliphatic carbocycles. The van der Waals surface area contributed by atoms with Gasteiger partial charge in [0, 0.05) is 18.6 Å². The van der Waals surface area contributed by atoms with E-state index in [0.29, 0.717) is 0 Å². The summed E-state index contributed by atoms with van der Waals surface area (Å²) in [6, 6.07) is 6.20. The Morgan fingerprint density at radius 1 is 1.00 bits per heavy atom. The van der Waals surface area contributed by atoms with Crippen LogP contribution in [0.4, 0.5) is 0 Å². The Bertz CT molecular complexity index is 245. The monoisotopic (exact) mass is 224 g/mol. The zero-order chi connectivity index (χ0) is 12.4. The molecule has 0 aliphatic heterocycles. The van der Waals surface area contributed by atoms with Crippen molar-refractivity contribution in [2.24, 2.45) is 0 Å². The number of hydrogen-bond donors (Lipinski definition) is 1. The average Bonchev–Trinajstić information content (AvgIpc) is 2.17. The largest absolute Gasteiger partial charge is 0.391 e. The number of nitrogens with zero attached hydrogens (tertiary/aromatic N) is 1. The number of aryl methyl sites for hydroxylation is 1.